The van der Waals surface area contributed by atoms with Gasteiger partial charge in [0.15, 0.2) is 0 Å². The van der Waals surface area contributed by atoms with Crippen molar-refractivity contribution in [1.29, 1.82) is 0 Å². The highest BCUT2D eigenvalue weighted by molar-refractivity contribution is 5.98. The van der Waals surface area contributed by atoms with E-state index in [0.29, 0.717) is 35.9 Å². The summed E-state index contributed by atoms with van der Waals surface area (Å²) in [6.07, 6.45) is 1.50. The first-order valence-electron chi connectivity index (χ1n) is 13.1. The fourth-order valence-electron chi connectivity index (χ4n) is 5.07. The maximum absolute atomic E-state index is 13.7. The van der Waals surface area contributed by atoms with Gasteiger partial charge < -0.3 is 19.2 Å². The van der Waals surface area contributed by atoms with Crippen LogP contribution >= 0.6 is 0 Å². The number of furan rings is 1. The number of amides is 1. The molecule has 0 unspecified atom stereocenters. The van der Waals surface area contributed by atoms with Crippen LogP contribution in [-0.2, 0) is 6.54 Å². The fraction of sp³-hybridized carbons (Fsp3) is 0.355. The molecule has 3 heterocycles. The largest absolute Gasteiger partial charge is 0.472 e. The number of likely N-dealkylation sites (N-methyl/N-ethyl adjacent to an activating group) is 1. The summed E-state index contributed by atoms with van der Waals surface area (Å²) in [6, 6.07) is 19.7. The lowest BCUT2D eigenvalue weighted by atomic mass is 9.99. The molecule has 0 radical (unpaired) electrons. The van der Waals surface area contributed by atoms with Gasteiger partial charge in [0.25, 0.3) is 5.91 Å². The van der Waals surface area contributed by atoms with Gasteiger partial charge in [-0.25, -0.2) is 4.98 Å². The van der Waals surface area contributed by atoms with Crippen LogP contribution in [0.5, 0.6) is 5.88 Å². The molecule has 1 aliphatic rings. The second-order valence-electron chi connectivity index (χ2n) is 10.5. The molecule has 0 fully saturated rings. The topological polar surface area (TPSA) is 79.0 Å². The van der Waals surface area contributed by atoms with Crippen molar-refractivity contribution in [1.82, 2.24) is 14.8 Å². The van der Waals surface area contributed by atoms with Crippen LogP contribution in [0.2, 0.25) is 0 Å². The summed E-state index contributed by atoms with van der Waals surface area (Å²) in [5.74, 6) is 0.773. The molecule has 0 bridgehead atoms. The number of pyridine rings is 1. The van der Waals surface area contributed by atoms with Gasteiger partial charge in [0.2, 0.25) is 5.88 Å². The third-order valence-corrected chi connectivity index (χ3v) is 7.26. The molecule has 1 N–H and O–H groups in total. The number of para-hydroxylation sites is 1. The molecule has 2 aromatic heterocycles. The molecule has 0 aliphatic carbocycles. The molecule has 3 atom stereocenters. The van der Waals surface area contributed by atoms with E-state index >= 15 is 0 Å². The summed E-state index contributed by atoms with van der Waals surface area (Å²) in [5.41, 5.74) is 4.33. The maximum Gasteiger partial charge on any atom is 0.259 e. The van der Waals surface area contributed by atoms with Crippen LogP contribution < -0.4 is 4.74 Å². The van der Waals surface area contributed by atoms with E-state index in [2.05, 4.69) is 55.0 Å². The lowest BCUT2D eigenvalue weighted by Crippen LogP contribution is -2.49. The number of rotatable bonds is 7. The quantitative estimate of drug-likeness (QED) is 0.368. The van der Waals surface area contributed by atoms with Crippen molar-refractivity contribution in [2.75, 3.05) is 26.7 Å². The van der Waals surface area contributed by atoms with E-state index in [0.717, 1.165) is 17.5 Å². The Bertz CT molecular complexity index is 1400. The number of hydrogen-bond donors (Lipinski definition) is 1. The van der Waals surface area contributed by atoms with E-state index in [1.165, 1.54) is 11.1 Å². The average Bonchev–Trinajstić information content (AvgIpc) is 3.34. The molecule has 5 rings (SSSR count). The Morgan fingerprint density at radius 3 is 2.74 bits per heavy atom. The van der Waals surface area contributed by atoms with Crippen molar-refractivity contribution in [3.8, 4) is 17.2 Å². The Balaban J connectivity index is 1.47. The number of carbonyl (C=O) groups is 1. The van der Waals surface area contributed by atoms with E-state index in [4.69, 9.17) is 9.15 Å². The number of aliphatic hydroxyl groups is 1. The Kier molecular flexibility index (Phi) is 7.49. The number of aryl methyl sites for hydroxylation is 1. The molecule has 0 spiro atoms. The minimum atomic E-state index is -0.337. The molecule has 7 nitrogen and oxygen atoms in total. The first-order valence-corrected chi connectivity index (χ1v) is 13.1. The van der Waals surface area contributed by atoms with E-state index < -0.39 is 0 Å². The predicted molar refractivity (Wildman–Crippen MR) is 148 cm³/mol. The van der Waals surface area contributed by atoms with Crippen molar-refractivity contribution in [2.45, 2.75) is 39.5 Å². The zero-order valence-corrected chi connectivity index (χ0v) is 22.4. The molecule has 0 saturated carbocycles. The minimum absolute atomic E-state index is 0.0258. The lowest BCUT2D eigenvalue weighted by molar-refractivity contribution is 0.0325. The van der Waals surface area contributed by atoms with Gasteiger partial charge in [-0.3, -0.25) is 9.69 Å². The molecule has 7 heteroatoms. The normalized spacial score (nSPS) is 18.7. The Labute approximate surface area is 223 Å². The summed E-state index contributed by atoms with van der Waals surface area (Å²) in [4.78, 5) is 22.3. The number of ether oxygens (including phenoxy) is 1. The molecular formula is C31H35N3O4. The number of hydrogen-bond acceptors (Lipinski definition) is 6. The molecule has 2 aromatic carbocycles. The zero-order chi connectivity index (χ0) is 26.8. The third-order valence-electron chi connectivity index (χ3n) is 7.26. The van der Waals surface area contributed by atoms with Crippen LogP contribution in [0.25, 0.3) is 22.3 Å². The number of nitrogens with zero attached hydrogens (tertiary/aromatic N) is 3. The number of carbonyl (C=O) groups excluding carboxylic acids is 1. The second-order valence-corrected chi connectivity index (χ2v) is 10.5. The molecule has 4 aromatic rings. The van der Waals surface area contributed by atoms with Crippen LogP contribution in [0.1, 0.15) is 35.3 Å². The van der Waals surface area contributed by atoms with Crippen LogP contribution in [0, 0.1) is 12.8 Å². The van der Waals surface area contributed by atoms with Gasteiger partial charge in [0.1, 0.15) is 23.0 Å². The van der Waals surface area contributed by atoms with Gasteiger partial charge in [-0.1, -0.05) is 55.0 Å². The molecule has 198 valence electrons. The summed E-state index contributed by atoms with van der Waals surface area (Å²) in [6.45, 7) is 7.85. The standard InChI is InChI=1S/C31H35N3O4/c1-20-8-7-9-23(12-20)17-33(4)18-29-21(2)16-34(22(3)19-35)31(36)26-13-25(15-32-30(26)38-29)28-14-24-10-5-6-11-27(24)37-28/h5-15,21-22,29,35H,16-19H2,1-4H3/t21-,22+,29-/m0/s1. The Morgan fingerprint density at radius 2 is 1.97 bits per heavy atom. The van der Waals surface area contributed by atoms with E-state index in [1.54, 1.807) is 17.2 Å². The molecule has 0 saturated heterocycles. The van der Waals surface area contributed by atoms with Crippen LogP contribution in [0.15, 0.2) is 71.3 Å². The molecule has 1 amide bonds. The maximum atomic E-state index is 13.7. The minimum Gasteiger partial charge on any atom is -0.472 e. The fourth-order valence-corrected chi connectivity index (χ4v) is 5.07. The second kappa shape index (κ2) is 11.0. The van der Waals surface area contributed by atoms with Gasteiger partial charge in [-0.15, -0.1) is 0 Å². The number of aromatic nitrogens is 1. The van der Waals surface area contributed by atoms with Crippen molar-refractivity contribution >= 4 is 16.9 Å². The first kappa shape index (κ1) is 25.9. The summed E-state index contributed by atoms with van der Waals surface area (Å²) >= 11 is 0. The van der Waals surface area contributed by atoms with Gasteiger partial charge in [-0.05, 0) is 44.7 Å². The average molecular weight is 514 g/mol. The summed E-state index contributed by atoms with van der Waals surface area (Å²) in [7, 11) is 2.08. The molecule has 1 aliphatic heterocycles. The monoisotopic (exact) mass is 513 g/mol. The molecule has 38 heavy (non-hydrogen) atoms. The highest BCUT2D eigenvalue weighted by atomic mass is 16.5. The van der Waals surface area contributed by atoms with E-state index in [-0.39, 0.29) is 30.6 Å². The number of fused-ring (bicyclic) bond motifs is 2. The summed E-state index contributed by atoms with van der Waals surface area (Å²) in [5, 5.41) is 10.9. The highest BCUT2D eigenvalue weighted by Crippen LogP contribution is 2.33. The third kappa shape index (κ3) is 5.44. The predicted octanol–water partition coefficient (Wildman–Crippen LogP) is 5.16. The van der Waals surface area contributed by atoms with E-state index in [9.17, 15) is 9.90 Å². The van der Waals surface area contributed by atoms with Crippen molar-refractivity contribution < 1.29 is 19.1 Å². The SMILES string of the molecule is Cc1cccc(CN(C)C[C@@H]2Oc3ncc(-c4cc5ccccc5o4)cc3C(=O)N([C@H](C)CO)C[C@@H]2C)c1. The van der Waals surface area contributed by atoms with Crippen molar-refractivity contribution in [2.24, 2.45) is 5.92 Å². The van der Waals surface area contributed by atoms with Gasteiger partial charge >= 0.3 is 0 Å². The number of benzene rings is 2. The lowest BCUT2D eigenvalue weighted by Gasteiger charge is -2.37. The van der Waals surface area contributed by atoms with Crippen LogP contribution in [-0.4, -0.2) is 64.7 Å². The highest BCUT2D eigenvalue weighted by Gasteiger charge is 2.34. The number of aliphatic hydroxyl groups excluding tert-OH is 1. The van der Waals surface area contributed by atoms with Gasteiger partial charge in [0, 0.05) is 42.7 Å². The van der Waals surface area contributed by atoms with Crippen molar-refractivity contribution in [3.05, 3.63) is 83.6 Å². The van der Waals surface area contributed by atoms with Crippen molar-refractivity contribution in [3.63, 3.8) is 0 Å². The van der Waals surface area contributed by atoms with Crippen LogP contribution in [0.3, 0.4) is 0 Å². The van der Waals surface area contributed by atoms with Gasteiger partial charge in [-0.2, -0.15) is 0 Å². The van der Waals surface area contributed by atoms with Crippen LogP contribution in [0.4, 0.5) is 0 Å². The Morgan fingerprint density at radius 1 is 1.16 bits per heavy atom. The first-order chi connectivity index (χ1) is 18.3. The van der Waals surface area contributed by atoms with E-state index in [1.807, 2.05) is 37.3 Å². The summed E-state index contributed by atoms with van der Waals surface area (Å²) < 4.78 is 12.5. The zero-order valence-electron chi connectivity index (χ0n) is 22.4. The van der Waals surface area contributed by atoms with Gasteiger partial charge in [0.05, 0.1) is 12.6 Å². The molecular weight excluding hydrogens is 478 g/mol. The smallest absolute Gasteiger partial charge is 0.259 e. The Hall–Kier alpha value is -3.68.